The molecule has 3 nitrogen and oxygen atoms in total. The Morgan fingerprint density at radius 3 is 3.00 bits per heavy atom. The van der Waals surface area contributed by atoms with Crippen LogP contribution in [0.1, 0.15) is 0 Å². The Morgan fingerprint density at radius 1 is 1.45 bits per heavy atom. The number of anilines is 1. The summed E-state index contributed by atoms with van der Waals surface area (Å²) >= 11 is 7.27. The third kappa shape index (κ3) is 0.948. The van der Waals surface area contributed by atoms with Crippen LogP contribution < -0.4 is 5.73 Å². The van der Waals surface area contributed by atoms with Crippen molar-refractivity contribution in [3.8, 4) is 0 Å². The van der Waals surface area contributed by atoms with Gasteiger partial charge in [-0.1, -0.05) is 11.6 Å². The zero-order valence-corrected chi connectivity index (χ0v) is 6.99. The van der Waals surface area contributed by atoms with Crippen LogP contribution in [0.2, 0.25) is 5.15 Å². The van der Waals surface area contributed by atoms with Crippen LogP contribution >= 0.6 is 22.9 Å². The fourth-order valence-corrected chi connectivity index (χ4v) is 1.92. The number of nitrogens with two attached hydrogens (primary N) is 1. The minimum absolute atomic E-state index is 0.421. The van der Waals surface area contributed by atoms with E-state index in [9.17, 15) is 0 Å². The number of rotatable bonds is 0. The molecule has 0 radical (unpaired) electrons. The summed E-state index contributed by atoms with van der Waals surface area (Å²) in [6.07, 6.45) is 0. The molecule has 2 aromatic heterocycles. The molecule has 2 rings (SSSR count). The van der Waals surface area contributed by atoms with Gasteiger partial charge < -0.3 is 5.73 Å². The Balaban J connectivity index is 2.96. The lowest BCUT2D eigenvalue weighted by Crippen LogP contribution is -1.92. The zero-order chi connectivity index (χ0) is 7.84. The number of halogens is 1. The van der Waals surface area contributed by atoms with E-state index in [1.807, 2.05) is 11.4 Å². The molecule has 0 amide bonds. The molecule has 2 N–H and O–H groups in total. The van der Waals surface area contributed by atoms with Crippen molar-refractivity contribution in [2.75, 3.05) is 5.73 Å². The second-order valence-corrected chi connectivity index (χ2v) is 3.31. The summed E-state index contributed by atoms with van der Waals surface area (Å²) < 4.78 is 0.902. The Bertz CT molecular complexity index is 362. The van der Waals surface area contributed by atoms with Crippen LogP contribution in [0.25, 0.3) is 10.1 Å². The van der Waals surface area contributed by atoms with E-state index in [1.165, 1.54) is 11.3 Å². The van der Waals surface area contributed by atoms with E-state index >= 15 is 0 Å². The second-order valence-electron chi connectivity index (χ2n) is 2.04. The van der Waals surface area contributed by atoms with Crippen molar-refractivity contribution in [1.82, 2.24) is 10.2 Å². The highest BCUT2D eigenvalue weighted by Gasteiger charge is 2.04. The van der Waals surface area contributed by atoms with Gasteiger partial charge in [-0.25, -0.2) is 0 Å². The average Bonchev–Trinajstić information content (AvgIpc) is 2.45. The SMILES string of the molecule is Nc1nnc(Cl)c2sccc12. The van der Waals surface area contributed by atoms with Crippen molar-refractivity contribution in [2.24, 2.45) is 0 Å². The maximum absolute atomic E-state index is 5.75. The maximum atomic E-state index is 5.75. The summed E-state index contributed by atoms with van der Waals surface area (Å²) in [5.74, 6) is 0.436. The third-order valence-corrected chi connectivity index (χ3v) is 2.67. The highest BCUT2D eigenvalue weighted by Crippen LogP contribution is 2.28. The highest BCUT2D eigenvalue weighted by molar-refractivity contribution is 7.17. The molecule has 0 aliphatic heterocycles. The van der Waals surface area contributed by atoms with Gasteiger partial charge in [0.2, 0.25) is 0 Å². The minimum atomic E-state index is 0.421. The van der Waals surface area contributed by atoms with E-state index in [0.29, 0.717) is 11.0 Å². The molecule has 0 spiro atoms. The molecule has 0 unspecified atom stereocenters. The van der Waals surface area contributed by atoms with Crippen LogP contribution in [0.5, 0.6) is 0 Å². The summed E-state index contributed by atoms with van der Waals surface area (Å²) in [5, 5.41) is 10.6. The number of aromatic nitrogens is 2. The van der Waals surface area contributed by atoms with Crippen LogP contribution in [0.4, 0.5) is 5.82 Å². The van der Waals surface area contributed by atoms with Gasteiger partial charge in [0.05, 0.1) is 4.70 Å². The van der Waals surface area contributed by atoms with Crippen LogP contribution in [-0.4, -0.2) is 10.2 Å². The fraction of sp³-hybridized carbons (Fsp3) is 0. The molecule has 56 valence electrons. The number of nitrogens with zero attached hydrogens (tertiary/aromatic N) is 2. The van der Waals surface area contributed by atoms with Crippen molar-refractivity contribution >= 4 is 38.8 Å². The van der Waals surface area contributed by atoms with E-state index < -0.39 is 0 Å². The number of hydrogen-bond donors (Lipinski definition) is 1. The van der Waals surface area contributed by atoms with Gasteiger partial charge in [-0.2, -0.15) is 0 Å². The van der Waals surface area contributed by atoms with Gasteiger partial charge in [0.25, 0.3) is 0 Å². The number of fused-ring (bicyclic) bond motifs is 1. The highest BCUT2D eigenvalue weighted by atomic mass is 35.5. The van der Waals surface area contributed by atoms with Crippen molar-refractivity contribution < 1.29 is 0 Å². The van der Waals surface area contributed by atoms with Crippen molar-refractivity contribution in [2.45, 2.75) is 0 Å². The van der Waals surface area contributed by atoms with Gasteiger partial charge in [-0.15, -0.1) is 21.5 Å². The predicted molar refractivity (Wildman–Crippen MR) is 46.8 cm³/mol. The molecule has 11 heavy (non-hydrogen) atoms. The van der Waals surface area contributed by atoms with Gasteiger partial charge in [0.15, 0.2) is 11.0 Å². The molecule has 0 saturated carbocycles. The summed E-state index contributed by atoms with van der Waals surface area (Å²) in [4.78, 5) is 0. The smallest absolute Gasteiger partial charge is 0.169 e. The van der Waals surface area contributed by atoms with Crippen LogP contribution in [-0.2, 0) is 0 Å². The molecule has 5 heteroatoms. The Hall–Kier alpha value is -0.870. The average molecular weight is 186 g/mol. The molecule has 0 aliphatic rings. The van der Waals surface area contributed by atoms with Crippen molar-refractivity contribution in [1.29, 1.82) is 0 Å². The molecule has 0 saturated heterocycles. The maximum Gasteiger partial charge on any atom is 0.169 e. The Morgan fingerprint density at radius 2 is 2.27 bits per heavy atom. The lowest BCUT2D eigenvalue weighted by molar-refractivity contribution is 1.06. The number of nitrogen functional groups attached to an aromatic ring is 1. The summed E-state index contributed by atoms with van der Waals surface area (Å²) in [7, 11) is 0. The molecular weight excluding hydrogens is 182 g/mol. The molecule has 0 aromatic carbocycles. The largest absolute Gasteiger partial charge is 0.382 e. The number of hydrogen-bond acceptors (Lipinski definition) is 4. The molecule has 2 aromatic rings. The minimum Gasteiger partial charge on any atom is -0.382 e. The fourth-order valence-electron chi connectivity index (χ4n) is 0.868. The quantitative estimate of drug-likeness (QED) is 0.683. The van der Waals surface area contributed by atoms with Gasteiger partial charge >= 0.3 is 0 Å². The summed E-state index contributed by atoms with van der Waals surface area (Å²) in [6, 6.07) is 1.88. The molecule has 0 atom stereocenters. The Labute approximate surface area is 71.8 Å². The molecular formula is C6H4ClN3S. The van der Waals surface area contributed by atoms with E-state index in [-0.39, 0.29) is 0 Å². The van der Waals surface area contributed by atoms with Crippen LogP contribution in [0.3, 0.4) is 0 Å². The first-order chi connectivity index (χ1) is 5.29. The summed E-state index contributed by atoms with van der Waals surface area (Å²) in [5.41, 5.74) is 5.54. The standard InChI is InChI=1S/C6H4ClN3S/c7-5-4-3(1-2-11-4)6(8)10-9-5/h1-2H,(H2,8,10). The lowest BCUT2D eigenvalue weighted by Gasteiger charge is -1.93. The third-order valence-electron chi connectivity index (χ3n) is 1.37. The molecule has 2 heterocycles. The summed E-state index contributed by atoms with van der Waals surface area (Å²) in [6.45, 7) is 0. The molecule has 0 aliphatic carbocycles. The molecule has 0 bridgehead atoms. The van der Waals surface area contributed by atoms with Gasteiger partial charge in [-0.3, -0.25) is 0 Å². The monoisotopic (exact) mass is 185 g/mol. The number of thiophene rings is 1. The topological polar surface area (TPSA) is 51.8 Å². The normalized spacial score (nSPS) is 10.6. The zero-order valence-electron chi connectivity index (χ0n) is 5.41. The van der Waals surface area contributed by atoms with Crippen molar-refractivity contribution in [3.05, 3.63) is 16.6 Å². The van der Waals surface area contributed by atoms with Gasteiger partial charge in [0, 0.05) is 5.39 Å². The second kappa shape index (κ2) is 2.32. The van der Waals surface area contributed by atoms with Crippen LogP contribution in [0.15, 0.2) is 11.4 Å². The van der Waals surface area contributed by atoms with Gasteiger partial charge in [-0.05, 0) is 11.4 Å². The first-order valence-electron chi connectivity index (χ1n) is 2.94. The Kier molecular flexibility index (Phi) is 1.44. The van der Waals surface area contributed by atoms with Crippen LogP contribution in [0, 0.1) is 0 Å². The molecule has 0 fully saturated rings. The van der Waals surface area contributed by atoms with E-state index in [0.717, 1.165) is 10.1 Å². The first kappa shape index (κ1) is 6.82. The first-order valence-corrected chi connectivity index (χ1v) is 4.19. The van der Waals surface area contributed by atoms with E-state index in [4.69, 9.17) is 17.3 Å². The van der Waals surface area contributed by atoms with Gasteiger partial charge in [0.1, 0.15) is 0 Å². The van der Waals surface area contributed by atoms with E-state index in [2.05, 4.69) is 10.2 Å². The van der Waals surface area contributed by atoms with Crippen molar-refractivity contribution in [3.63, 3.8) is 0 Å². The van der Waals surface area contributed by atoms with E-state index in [1.54, 1.807) is 0 Å². The predicted octanol–water partition coefficient (Wildman–Crippen LogP) is 1.93. The lowest BCUT2D eigenvalue weighted by atomic mass is 10.3.